The zero-order valence-electron chi connectivity index (χ0n) is 19.3. The number of piperidine rings is 1. The molecule has 3 aromatic heterocycles. The quantitative estimate of drug-likeness (QED) is 0.525. The van der Waals surface area contributed by atoms with Crippen molar-refractivity contribution in [2.24, 2.45) is 5.92 Å². The van der Waals surface area contributed by atoms with Crippen molar-refractivity contribution in [2.75, 3.05) is 19.6 Å². The lowest BCUT2D eigenvalue weighted by molar-refractivity contribution is -0.134. The maximum Gasteiger partial charge on any atom is 0.325 e. The van der Waals surface area contributed by atoms with Gasteiger partial charge in [0.15, 0.2) is 0 Å². The van der Waals surface area contributed by atoms with Gasteiger partial charge in [-0.3, -0.25) is 14.5 Å². The van der Waals surface area contributed by atoms with Crippen LogP contribution in [0.15, 0.2) is 48.1 Å². The van der Waals surface area contributed by atoms with Crippen molar-refractivity contribution in [3.63, 3.8) is 0 Å². The van der Waals surface area contributed by atoms with Gasteiger partial charge in [-0.2, -0.15) is 0 Å². The normalized spacial score (nSPS) is 21.4. The van der Waals surface area contributed by atoms with E-state index < -0.39 is 5.54 Å². The number of aromatic nitrogens is 2. The molecule has 2 fully saturated rings. The van der Waals surface area contributed by atoms with Crippen LogP contribution in [0.25, 0.3) is 5.65 Å². The number of carbonyl (C=O) groups is 3. The highest BCUT2D eigenvalue weighted by Crippen LogP contribution is 2.37. The zero-order valence-corrected chi connectivity index (χ0v) is 20.1. The topological polar surface area (TPSA) is 87.0 Å². The van der Waals surface area contributed by atoms with Gasteiger partial charge in [0.2, 0.25) is 0 Å². The van der Waals surface area contributed by atoms with Gasteiger partial charge in [-0.1, -0.05) is 25.5 Å². The second kappa shape index (κ2) is 9.21. The lowest BCUT2D eigenvalue weighted by Crippen LogP contribution is -2.56. The Kier molecular flexibility index (Phi) is 6.12. The predicted molar refractivity (Wildman–Crippen MR) is 130 cm³/mol. The van der Waals surface area contributed by atoms with E-state index in [1.807, 2.05) is 58.1 Å². The Hall–Kier alpha value is -3.20. The molecule has 0 aliphatic carbocycles. The van der Waals surface area contributed by atoms with Crippen LogP contribution in [-0.2, 0) is 11.2 Å². The average molecular weight is 480 g/mol. The van der Waals surface area contributed by atoms with Gasteiger partial charge < -0.3 is 14.6 Å². The Morgan fingerprint density at radius 2 is 2.03 bits per heavy atom. The van der Waals surface area contributed by atoms with Gasteiger partial charge >= 0.3 is 6.03 Å². The molecule has 0 radical (unpaired) electrons. The molecule has 3 aromatic rings. The summed E-state index contributed by atoms with van der Waals surface area (Å²) in [5, 5.41) is 5.09. The highest BCUT2D eigenvalue weighted by atomic mass is 32.1. The number of likely N-dealkylation sites (tertiary alicyclic amines) is 1. The molecule has 2 saturated heterocycles. The Bertz CT molecular complexity index is 1170. The van der Waals surface area contributed by atoms with Gasteiger partial charge in [0, 0.05) is 36.9 Å². The van der Waals surface area contributed by atoms with E-state index >= 15 is 0 Å². The Morgan fingerprint density at radius 1 is 1.21 bits per heavy atom. The number of fused-ring (bicyclic) bond motifs is 1. The number of thiophene rings is 1. The van der Waals surface area contributed by atoms with Crippen molar-refractivity contribution < 1.29 is 14.4 Å². The van der Waals surface area contributed by atoms with Crippen LogP contribution in [0.5, 0.6) is 0 Å². The number of imide groups is 1. The number of amides is 4. The van der Waals surface area contributed by atoms with E-state index in [-0.39, 0.29) is 23.8 Å². The summed E-state index contributed by atoms with van der Waals surface area (Å²) in [7, 11) is 0. The predicted octanol–water partition coefficient (Wildman–Crippen LogP) is 3.58. The molecule has 5 rings (SSSR count). The van der Waals surface area contributed by atoms with Crippen molar-refractivity contribution in [3.05, 3.63) is 58.7 Å². The van der Waals surface area contributed by atoms with Crippen LogP contribution >= 0.6 is 11.3 Å². The third-order valence-corrected chi connectivity index (χ3v) is 8.01. The first kappa shape index (κ1) is 22.6. The van der Waals surface area contributed by atoms with Crippen molar-refractivity contribution >= 4 is 34.8 Å². The number of nitrogens with zero attached hydrogens (tertiary/aromatic N) is 4. The van der Waals surface area contributed by atoms with E-state index in [0.717, 1.165) is 16.9 Å². The number of pyridine rings is 1. The second-order valence-electron chi connectivity index (χ2n) is 9.10. The maximum atomic E-state index is 13.6. The molecule has 1 N–H and O–H groups in total. The van der Waals surface area contributed by atoms with Gasteiger partial charge in [-0.05, 0) is 55.2 Å². The third kappa shape index (κ3) is 3.98. The van der Waals surface area contributed by atoms with Crippen LogP contribution in [0.1, 0.15) is 48.0 Å². The van der Waals surface area contributed by atoms with Crippen molar-refractivity contribution in [1.82, 2.24) is 24.5 Å². The molecule has 2 aliphatic rings. The molecular weight excluding hydrogens is 450 g/mol. The molecule has 9 heteroatoms. The highest BCUT2D eigenvalue weighted by molar-refractivity contribution is 7.09. The van der Waals surface area contributed by atoms with E-state index in [4.69, 9.17) is 0 Å². The number of rotatable bonds is 7. The van der Waals surface area contributed by atoms with Gasteiger partial charge in [0.1, 0.15) is 16.9 Å². The SMILES string of the molecule is CCC[C@@]1(C2CCN(C(=O)c3cn4ccccc4n3)CC2)NC(=O)N(CCc2cccs2)C1=O. The standard InChI is InChI=1S/C25H29N5O3S/c1-2-11-25(23(32)30(24(33)27-25)15-10-19-6-5-16-34-19)18-8-13-28(14-9-18)22(31)20-17-29-12-4-3-7-21(29)26-20/h3-7,12,16-18H,2,8-11,13-15H2,1H3,(H,27,33)/t25-/m0/s1. The number of hydrogen-bond acceptors (Lipinski definition) is 5. The largest absolute Gasteiger partial charge is 0.337 e. The monoisotopic (exact) mass is 479 g/mol. The molecule has 2 aliphatic heterocycles. The van der Waals surface area contributed by atoms with Crippen LogP contribution in [0.4, 0.5) is 4.79 Å². The van der Waals surface area contributed by atoms with Gasteiger partial charge in [0.05, 0.1) is 0 Å². The number of carbonyl (C=O) groups excluding carboxylic acids is 3. The zero-order chi connectivity index (χ0) is 23.7. The Morgan fingerprint density at radius 3 is 2.74 bits per heavy atom. The summed E-state index contributed by atoms with van der Waals surface area (Å²) in [5.41, 5.74) is 0.293. The van der Waals surface area contributed by atoms with E-state index in [1.165, 1.54) is 4.90 Å². The third-order valence-electron chi connectivity index (χ3n) is 7.07. The van der Waals surface area contributed by atoms with Crippen LogP contribution in [0.2, 0.25) is 0 Å². The first-order valence-corrected chi connectivity index (χ1v) is 12.8. The summed E-state index contributed by atoms with van der Waals surface area (Å²) in [4.78, 5) is 48.3. The summed E-state index contributed by atoms with van der Waals surface area (Å²) in [6, 6.07) is 9.38. The number of imidazole rings is 1. The van der Waals surface area contributed by atoms with Crippen LogP contribution in [-0.4, -0.2) is 62.2 Å². The smallest absolute Gasteiger partial charge is 0.325 e. The second-order valence-corrected chi connectivity index (χ2v) is 10.1. The fourth-order valence-electron chi connectivity index (χ4n) is 5.34. The molecule has 4 amide bonds. The molecule has 0 unspecified atom stereocenters. The fraction of sp³-hybridized carbons (Fsp3) is 0.440. The summed E-state index contributed by atoms with van der Waals surface area (Å²) in [6.45, 7) is 3.52. The van der Waals surface area contributed by atoms with E-state index in [1.54, 1.807) is 17.5 Å². The lowest BCUT2D eigenvalue weighted by Gasteiger charge is -2.40. The molecule has 1 atom stereocenters. The molecule has 0 aromatic carbocycles. The van der Waals surface area contributed by atoms with Crippen molar-refractivity contribution in [2.45, 2.75) is 44.6 Å². The molecule has 178 valence electrons. The number of urea groups is 1. The van der Waals surface area contributed by atoms with Gasteiger partial charge in [0.25, 0.3) is 11.8 Å². The van der Waals surface area contributed by atoms with E-state index in [2.05, 4.69) is 10.3 Å². The molecule has 0 spiro atoms. The van der Waals surface area contributed by atoms with Crippen LogP contribution in [0.3, 0.4) is 0 Å². The fourth-order valence-corrected chi connectivity index (χ4v) is 6.04. The van der Waals surface area contributed by atoms with Gasteiger partial charge in [-0.15, -0.1) is 11.3 Å². The molecule has 8 nitrogen and oxygen atoms in total. The maximum absolute atomic E-state index is 13.6. The highest BCUT2D eigenvalue weighted by Gasteiger charge is 2.55. The van der Waals surface area contributed by atoms with Gasteiger partial charge in [-0.25, -0.2) is 9.78 Å². The van der Waals surface area contributed by atoms with Crippen molar-refractivity contribution in [1.29, 1.82) is 0 Å². The minimum absolute atomic E-state index is 0.000700. The summed E-state index contributed by atoms with van der Waals surface area (Å²) in [6.07, 6.45) is 7.05. The summed E-state index contributed by atoms with van der Waals surface area (Å²) in [5.74, 6) is -0.201. The van der Waals surface area contributed by atoms with Crippen molar-refractivity contribution in [3.8, 4) is 0 Å². The minimum atomic E-state index is -0.875. The van der Waals surface area contributed by atoms with E-state index in [9.17, 15) is 14.4 Å². The Labute approximate surface area is 202 Å². The average Bonchev–Trinajstić information content (AvgIpc) is 3.57. The summed E-state index contributed by atoms with van der Waals surface area (Å²) >= 11 is 1.64. The number of nitrogens with one attached hydrogen (secondary N) is 1. The Balaban J connectivity index is 1.27. The molecule has 0 bridgehead atoms. The summed E-state index contributed by atoms with van der Waals surface area (Å²) < 4.78 is 1.84. The first-order chi connectivity index (χ1) is 16.5. The minimum Gasteiger partial charge on any atom is -0.337 e. The van der Waals surface area contributed by atoms with Crippen LogP contribution in [0, 0.1) is 5.92 Å². The molecule has 34 heavy (non-hydrogen) atoms. The molecular formula is C25H29N5O3S. The van der Waals surface area contributed by atoms with Crippen LogP contribution < -0.4 is 5.32 Å². The van der Waals surface area contributed by atoms with E-state index in [0.29, 0.717) is 51.0 Å². The lowest BCUT2D eigenvalue weighted by atomic mass is 9.74. The molecule has 0 saturated carbocycles. The first-order valence-electron chi connectivity index (χ1n) is 11.9. The molecule has 5 heterocycles. The number of hydrogen-bond donors (Lipinski definition) is 1.